The summed E-state index contributed by atoms with van der Waals surface area (Å²) in [5, 5.41) is 12.9. The van der Waals surface area contributed by atoms with E-state index in [-0.39, 0.29) is 17.7 Å². The Morgan fingerprint density at radius 3 is 2.44 bits per heavy atom. The van der Waals surface area contributed by atoms with Crippen LogP contribution in [0.15, 0.2) is 30.3 Å². The number of nitrogens with one attached hydrogen (secondary N) is 1. The van der Waals surface area contributed by atoms with Gasteiger partial charge in [0.1, 0.15) is 6.04 Å². The van der Waals surface area contributed by atoms with Gasteiger partial charge in [0.2, 0.25) is 11.8 Å². The van der Waals surface area contributed by atoms with E-state index in [1.807, 2.05) is 35.2 Å². The Hall–Kier alpha value is -1.88. The molecule has 25 heavy (non-hydrogen) atoms. The number of aliphatic hydroxyl groups is 1. The fourth-order valence-electron chi connectivity index (χ4n) is 3.91. The van der Waals surface area contributed by atoms with E-state index in [1.165, 1.54) is 0 Å². The molecule has 1 aliphatic carbocycles. The van der Waals surface area contributed by atoms with Crippen LogP contribution in [0.2, 0.25) is 0 Å². The first-order valence-corrected chi connectivity index (χ1v) is 9.46. The molecule has 1 aromatic carbocycles. The highest BCUT2D eigenvalue weighted by molar-refractivity contribution is 5.89. The zero-order valence-corrected chi connectivity index (χ0v) is 14.7. The van der Waals surface area contributed by atoms with Crippen molar-refractivity contribution in [3.8, 4) is 0 Å². The first-order valence-electron chi connectivity index (χ1n) is 9.46. The summed E-state index contributed by atoms with van der Waals surface area (Å²) < 4.78 is 0. The van der Waals surface area contributed by atoms with Crippen molar-refractivity contribution < 1.29 is 14.7 Å². The fourth-order valence-corrected chi connectivity index (χ4v) is 3.91. The normalized spacial score (nSPS) is 24.8. The van der Waals surface area contributed by atoms with Crippen molar-refractivity contribution in [2.75, 3.05) is 13.1 Å². The number of amides is 2. The van der Waals surface area contributed by atoms with Gasteiger partial charge in [-0.2, -0.15) is 0 Å². The molecule has 1 aromatic rings. The second-order valence-corrected chi connectivity index (χ2v) is 7.24. The van der Waals surface area contributed by atoms with Gasteiger partial charge in [0, 0.05) is 19.5 Å². The predicted molar refractivity (Wildman–Crippen MR) is 95.9 cm³/mol. The molecule has 3 unspecified atom stereocenters. The number of piperidine rings is 1. The summed E-state index contributed by atoms with van der Waals surface area (Å²) >= 11 is 0. The first kappa shape index (κ1) is 17.9. The monoisotopic (exact) mass is 344 g/mol. The van der Waals surface area contributed by atoms with Gasteiger partial charge in [0.25, 0.3) is 0 Å². The molecular weight excluding hydrogens is 316 g/mol. The lowest BCUT2D eigenvalue weighted by Crippen LogP contribution is -2.52. The molecule has 0 bridgehead atoms. The number of likely N-dealkylation sites (tertiary alicyclic amines) is 1. The van der Waals surface area contributed by atoms with Crippen molar-refractivity contribution in [1.29, 1.82) is 0 Å². The van der Waals surface area contributed by atoms with Gasteiger partial charge in [-0.05, 0) is 44.1 Å². The predicted octanol–water partition coefficient (Wildman–Crippen LogP) is 1.89. The Morgan fingerprint density at radius 1 is 1.08 bits per heavy atom. The van der Waals surface area contributed by atoms with Crippen molar-refractivity contribution in [3.63, 3.8) is 0 Å². The van der Waals surface area contributed by atoms with Crippen molar-refractivity contribution in [3.05, 3.63) is 35.9 Å². The lowest BCUT2D eigenvalue weighted by atomic mass is 10.0. The van der Waals surface area contributed by atoms with Gasteiger partial charge in [-0.15, -0.1) is 0 Å². The molecule has 1 saturated heterocycles. The van der Waals surface area contributed by atoms with E-state index >= 15 is 0 Å². The molecular formula is C20H28N2O3. The molecule has 2 N–H and O–H groups in total. The zero-order chi connectivity index (χ0) is 17.6. The van der Waals surface area contributed by atoms with E-state index in [0.717, 1.165) is 44.3 Å². The number of hydrogen-bond acceptors (Lipinski definition) is 3. The third kappa shape index (κ3) is 4.60. The molecule has 1 saturated carbocycles. The maximum Gasteiger partial charge on any atom is 0.245 e. The maximum atomic E-state index is 13.0. The molecule has 5 heteroatoms. The Kier molecular flexibility index (Phi) is 6.08. The van der Waals surface area contributed by atoms with Gasteiger partial charge < -0.3 is 15.3 Å². The Labute approximate surface area is 149 Å². The van der Waals surface area contributed by atoms with Crippen LogP contribution in [-0.4, -0.2) is 47.1 Å². The van der Waals surface area contributed by atoms with Crippen LogP contribution in [-0.2, 0) is 16.0 Å². The van der Waals surface area contributed by atoms with Crippen molar-refractivity contribution in [2.24, 2.45) is 5.92 Å². The second kappa shape index (κ2) is 8.48. The number of hydrogen-bond donors (Lipinski definition) is 2. The van der Waals surface area contributed by atoms with Crippen LogP contribution < -0.4 is 5.32 Å². The highest BCUT2D eigenvalue weighted by Crippen LogP contribution is 2.26. The van der Waals surface area contributed by atoms with E-state index in [1.54, 1.807) is 0 Å². The van der Waals surface area contributed by atoms with E-state index < -0.39 is 12.1 Å². The largest absolute Gasteiger partial charge is 0.392 e. The Bertz CT molecular complexity index is 584. The molecule has 3 rings (SSSR count). The number of nitrogens with zero attached hydrogens (tertiary/aromatic N) is 1. The highest BCUT2D eigenvalue weighted by Gasteiger charge is 2.34. The SMILES string of the molecule is O=C(NC(Cc1ccccc1)C(=O)N1CCCCC1)C1CCCC1O. The molecule has 2 fully saturated rings. The smallest absolute Gasteiger partial charge is 0.245 e. The summed E-state index contributed by atoms with van der Waals surface area (Å²) in [7, 11) is 0. The van der Waals surface area contributed by atoms with Gasteiger partial charge >= 0.3 is 0 Å². The number of carbonyl (C=O) groups excluding carboxylic acids is 2. The molecule has 1 aliphatic heterocycles. The van der Waals surface area contributed by atoms with E-state index in [0.29, 0.717) is 19.3 Å². The summed E-state index contributed by atoms with van der Waals surface area (Å²) in [6, 6.07) is 9.24. The van der Waals surface area contributed by atoms with E-state index in [4.69, 9.17) is 0 Å². The van der Waals surface area contributed by atoms with Crippen LogP contribution >= 0.6 is 0 Å². The van der Waals surface area contributed by atoms with Gasteiger partial charge in [0.15, 0.2) is 0 Å². The minimum absolute atomic E-state index is 0.00406. The standard InChI is InChI=1S/C20H28N2O3/c23-18-11-7-10-16(18)19(24)21-17(14-15-8-3-1-4-9-15)20(25)22-12-5-2-6-13-22/h1,3-4,8-9,16-18,23H,2,5-7,10-14H2,(H,21,24). The third-order valence-corrected chi connectivity index (χ3v) is 5.38. The topological polar surface area (TPSA) is 69.6 Å². The van der Waals surface area contributed by atoms with Crippen molar-refractivity contribution in [2.45, 2.75) is 57.1 Å². The van der Waals surface area contributed by atoms with Crippen LogP contribution in [0, 0.1) is 5.92 Å². The number of carbonyl (C=O) groups is 2. The van der Waals surface area contributed by atoms with Gasteiger partial charge in [-0.3, -0.25) is 9.59 Å². The van der Waals surface area contributed by atoms with Gasteiger partial charge in [-0.1, -0.05) is 30.3 Å². The van der Waals surface area contributed by atoms with E-state index in [2.05, 4.69) is 5.32 Å². The Balaban J connectivity index is 1.71. The lowest BCUT2D eigenvalue weighted by molar-refractivity contribution is -0.139. The average Bonchev–Trinajstić information content (AvgIpc) is 3.08. The summed E-state index contributed by atoms with van der Waals surface area (Å²) in [6.45, 7) is 1.54. The molecule has 136 valence electrons. The summed E-state index contributed by atoms with van der Waals surface area (Å²) in [4.78, 5) is 27.5. The quantitative estimate of drug-likeness (QED) is 0.857. The molecule has 5 nitrogen and oxygen atoms in total. The molecule has 2 aliphatic rings. The fraction of sp³-hybridized carbons (Fsp3) is 0.600. The van der Waals surface area contributed by atoms with Crippen LogP contribution in [0.25, 0.3) is 0 Å². The van der Waals surface area contributed by atoms with Crippen LogP contribution in [0.1, 0.15) is 44.1 Å². The number of aliphatic hydroxyl groups excluding tert-OH is 1. The van der Waals surface area contributed by atoms with Gasteiger partial charge in [-0.25, -0.2) is 0 Å². The maximum absolute atomic E-state index is 13.0. The number of rotatable bonds is 5. The molecule has 1 heterocycles. The summed E-state index contributed by atoms with van der Waals surface area (Å²) in [5.41, 5.74) is 1.03. The van der Waals surface area contributed by atoms with E-state index in [9.17, 15) is 14.7 Å². The first-order chi connectivity index (χ1) is 12.1. The molecule has 0 spiro atoms. The molecule has 0 aromatic heterocycles. The third-order valence-electron chi connectivity index (χ3n) is 5.38. The number of benzene rings is 1. The minimum atomic E-state index is -0.581. The van der Waals surface area contributed by atoms with Crippen molar-refractivity contribution >= 4 is 11.8 Å². The van der Waals surface area contributed by atoms with Gasteiger partial charge in [0.05, 0.1) is 12.0 Å². The van der Waals surface area contributed by atoms with Crippen LogP contribution in [0.4, 0.5) is 0 Å². The minimum Gasteiger partial charge on any atom is -0.392 e. The van der Waals surface area contributed by atoms with Crippen LogP contribution in [0.5, 0.6) is 0 Å². The Morgan fingerprint density at radius 2 is 1.80 bits per heavy atom. The van der Waals surface area contributed by atoms with Crippen molar-refractivity contribution in [1.82, 2.24) is 10.2 Å². The molecule has 0 radical (unpaired) electrons. The lowest BCUT2D eigenvalue weighted by Gasteiger charge is -2.31. The highest BCUT2D eigenvalue weighted by atomic mass is 16.3. The molecule has 2 amide bonds. The second-order valence-electron chi connectivity index (χ2n) is 7.24. The summed E-state index contributed by atoms with van der Waals surface area (Å²) in [5.74, 6) is -0.562. The van der Waals surface area contributed by atoms with Crippen LogP contribution in [0.3, 0.4) is 0 Å². The molecule has 3 atom stereocenters. The average molecular weight is 344 g/mol. The zero-order valence-electron chi connectivity index (χ0n) is 14.7. The summed E-state index contributed by atoms with van der Waals surface area (Å²) in [6.07, 6.45) is 5.35.